The third kappa shape index (κ3) is 3.58. The molecule has 0 unspecified atom stereocenters. The van der Waals surface area contributed by atoms with Gasteiger partial charge in [0, 0.05) is 18.4 Å². The molecule has 0 amide bonds. The van der Waals surface area contributed by atoms with E-state index in [1.54, 1.807) is 4.90 Å². The van der Waals surface area contributed by atoms with Crippen LogP contribution in [-0.4, -0.2) is 28.6 Å². The minimum absolute atomic E-state index is 0.329. The highest BCUT2D eigenvalue weighted by atomic mass is 79.9. The van der Waals surface area contributed by atoms with E-state index in [0.717, 1.165) is 11.8 Å². The zero-order valence-corrected chi connectivity index (χ0v) is 11.0. The topological polar surface area (TPSA) is 29.0 Å². The second kappa shape index (κ2) is 5.81. The van der Waals surface area contributed by atoms with Gasteiger partial charge in [-0.15, -0.1) is 10.2 Å². The molecular weight excluding hydrogens is 307 g/mol. The zero-order valence-electron chi connectivity index (χ0n) is 8.59. The number of halogens is 4. The lowest BCUT2D eigenvalue weighted by atomic mass is 10.4. The number of anilines is 1. The smallest absolute Gasteiger partial charge is 0.347 e. The number of rotatable bonds is 5. The van der Waals surface area contributed by atoms with E-state index in [-0.39, 0.29) is 0 Å². The third-order valence-corrected chi connectivity index (χ3v) is 3.46. The van der Waals surface area contributed by atoms with E-state index in [4.69, 9.17) is 0 Å². The molecule has 0 bridgehead atoms. The standard InChI is InChI=1S/C8H11BrF3N3S/c1-2-15(5-3-4-9)7-14-13-6(16-7)8(10,11)12/h2-5H2,1H3. The lowest BCUT2D eigenvalue weighted by molar-refractivity contribution is -0.138. The Bertz CT molecular complexity index is 329. The van der Waals surface area contributed by atoms with Crippen LogP contribution in [0.25, 0.3) is 0 Å². The van der Waals surface area contributed by atoms with E-state index >= 15 is 0 Å². The van der Waals surface area contributed by atoms with Gasteiger partial charge in [-0.3, -0.25) is 0 Å². The molecule has 16 heavy (non-hydrogen) atoms. The van der Waals surface area contributed by atoms with Crippen molar-refractivity contribution < 1.29 is 13.2 Å². The Kier molecular flexibility index (Phi) is 4.97. The molecule has 0 radical (unpaired) electrons. The van der Waals surface area contributed by atoms with E-state index in [0.29, 0.717) is 29.6 Å². The van der Waals surface area contributed by atoms with Crippen LogP contribution in [0.3, 0.4) is 0 Å². The molecule has 0 fully saturated rings. The van der Waals surface area contributed by atoms with Gasteiger partial charge in [0.15, 0.2) is 0 Å². The molecule has 0 saturated carbocycles. The Balaban J connectivity index is 2.75. The first-order valence-corrected chi connectivity index (χ1v) is 6.64. The molecule has 1 rings (SSSR count). The predicted molar refractivity (Wildman–Crippen MR) is 61.2 cm³/mol. The number of alkyl halides is 4. The van der Waals surface area contributed by atoms with Gasteiger partial charge >= 0.3 is 6.18 Å². The summed E-state index contributed by atoms with van der Waals surface area (Å²) in [5, 5.41) is 6.97. The maximum atomic E-state index is 12.3. The summed E-state index contributed by atoms with van der Waals surface area (Å²) in [6.45, 7) is 3.18. The fourth-order valence-corrected chi connectivity index (χ4v) is 2.15. The monoisotopic (exact) mass is 317 g/mol. The van der Waals surface area contributed by atoms with Gasteiger partial charge < -0.3 is 4.90 Å². The Labute approximate surface area is 104 Å². The van der Waals surface area contributed by atoms with Crippen molar-refractivity contribution in [2.24, 2.45) is 0 Å². The van der Waals surface area contributed by atoms with E-state index in [1.807, 2.05) is 6.92 Å². The molecule has 0 aliphatic heterocycles. The van der Waals surface area contributed by atoms with Crippen LogP contribution in [0, 0.1) is 0 Å². The zero-order chi connectivity index (χ0) is 12.2. The number of hydrogen-bond donors (Lipinski definition) is 0. The van der Waals surface area contributed by atoms with Crippen LogP contribution in [0.1, 0.15) is 18.4 Å². The normalized spacial score (nSPS) is 11.8. The molecule has 0 aromatic carbocycles. The van der Waals surface area contributed by atoms with E-state index in [1.165, 1.54) is 0 Å². The van der Waals surface area contributed by atoms with Crippen LogP contribution in [0.2, 0.25) is 0 Å². The number of aromatic nitrogens is 2. The van der Waals surface area contributed by atoms with Crippen molar-refractivity contribution in [3.8, 4) is 0 Å². The lowest BCUT2D eigenvalue weighted by Gasteiger charge is -2.17. The second-order valence-electron chi connectivity index (χ2n) is 3.01. The van der Waals surface area contributed by atoms with Crippen molar-refractivity contribution in [2.75, 3.05) is 23.3 Å². The van der Waals surface area contributed by atoms with E-state index in [9.17, 15) is 13.2 Å². The molecule has 3 nitrogen and oxygen atoms in total. The molecule has 0 atom stereocenters. The van der Waals surface area contributed by atoms with Gasteiger partial charge in [0.1, 0.15) is 0 Å². The summed E-state index contributed by atoms with van der Waals surface area (Å²) in [4.78, 5) is 1.79. The first-order valence-electron chi connectivity index (χ1n) is 4.70. The third-order valence-electron chi connectivity index (χ3n) is 1.87. The molecule has 0 spiro atoms. The Morgan fingerprint density at radius 1 is 1.38 bits per heavy atom. The predicted octanol–water partition coefficient (Wildman–Crippen LogP) is 3.17. The van der Waals surface area contributed by atoms with Crippen molar-refractivity contribution in [3.05, 3.63) is 5.01 Å². The first-order chi connectivity index (χ1) is 7.49. The minimum atomic E-state index is -4.40. The maximum absolute atomic E-state index is 12.3. The molecule has 1 heterocycles. The van der Waals surface area contributed by atoms with E-state index in [2.05, 4.69) is 26.1 Å². The van der Waals surface area contributed by atoms with Crippen LogP contribution < -0.4 is 4.90 Å². The summed E-state index contributed by atoms with van der Waals surface area (Å²) in [6, 6.07) is 0. The lowest BCUT2D eigenvalue weighted by Crippen LogP contribution is -2.23. The molecule has 0 saturated heterocycles. The molecule has 0 aliphatic carbocycles. The van der Waals surface area contributed by atoms with Gasteiger partial charge in [-0.2, -0.15) is 13.2 Å². The summed E-state index contributed by atoms with van der Waals surface area (Å²) in [7, 11) is 0. The highest BCUT2D eigenvalue weighted by Crippen LogP contribution is 2.34. The van der Waals surface area contributed by atoms with Gasteiger partial charge in [-0.05, 0) is 13.3 Å². The average molecular weight is 318 g/mol. The number of nitrogens with zero attached hydrogens (tertiary/aromatic N) is 3. The van der Waals surface area contributed by atoms with Crippen molar-refractivity contribution >= 4 is 32.4 Å². The van der Waals surface area contributed by atoms with Crippen LogP contribution in [-0.2, 0) is 6.18 Å². The van der Waals surface area contributed by atoms with Crippen molar-refractivity contribution in [1.82, 2.24) is 10.2 Å². The SMILES string of the molecule is CCN(CCCBr)c1nnc(C(F)(F)F)s1. The van der Waals surface area contributed by atoms with Crippen LogP contribution in [0.5, 0.6) is 0 Å². The molecule has 1 aromatic rings. The van der Waals surface area contributed by atoms with Crippen LogP contribution in [0.4, 0.5) is 18.3 Å². The fraction of sp³-hybridized carbons (Fsp3) is 0.750. The molecule has 8 heteroatoms. The van der Waals surface area contributed by atoms with Crippen LogP contribution >= 0.6 is 27.3 Å². The largest absolute Gasteiger partial charge is 0.445 e. The van der Waals surface area contributed by atoms with Gasteiger partial charge in [0.2, 0.25) is 10.1 Å². The van der Waals surface area contributed by atoms with Crippen LogP contribution in [0.15, 0.2) is 0 Å². The number of hydrogen-bond acceptors (Lipinski definition) is 4. The summed E-state index contributed by atoms with van der Waals surface area (Å²) in [6.07, 6.45) is -3.54. The maximum Gasteiger partial charge on any atom is 0.445 e. The summed E-state index contributed by atoms with van der Waals surface area (Å²) >= 11 is 3.86. The summed E-state index contributed by atoms with van der Waals surface area (Å²) in [5.74, 6) is 0. The fourth-order valence-electron chi connectivity index (χ4n) is 1.10. The van der Waals surface area contributed by atoms with E-state index < -0.39 is 11.2 Å². The summed E-state index contributed by atoms with van der Waals surface area (Å²) in [5.41, 5.74) is 0. The Morgan fingerprint density at radius 3 is 2.50 bits per heavy atom. The quantitative estimate of drug-likeness (QED) is 0.781. The Morgan fingerprint density at radius 2 is 2.06 bits per heavy atom. The first kappa shape index (κ1) is 13.7. The van der Waals surface area contributed by atoms with Gasteiger partial charge in [0.25, 0.3) is 0 Å². The van der Waals surface area contributed by atoms with Crippen molar-refractivity contribution in [2.45, 2.75) is 19.5 Å². The summed E-state index contributed by atoms with van der Waals surface area (Å²) < 4.78 is 36.9. The molecule has 0 N–H and O–H groups in total. The van der Waals surface area contributed by atoms with Gasteiger partial charge in [0.05, 0.1) is 0 Å². The average Bonchev–Trinajstić information content (AvgIpc) is 2.68. The minimum Gasteiger partial charge on any atom is -0.347 e. The van der Waals surface area contributed by atoms with Gasteiger partial charge in [-0.1, -0.05) is 27.3 Å². The van der Waals surface area contributed by atoms with Gasteiger partial charge in [-0.25, -0.2) is 0 Å². The van der Waals surface area contributed by atoms with Crippen molar-refractivity contribution in [1.29, 1.82) is 0 Å². The highest BCUT2D eigenvalue weighted by molar-refractivity contribution is 9.09. The molecular formula is C8H11BrF3N3S. The molecule has 0 aliphatic rings. The molecule has 1 aromatic heterocycles. The second-order valence-corrected chi connectivity index (χ2v) is 4.76. The Hall–Kier alpha value is -0.370. The van der Waals surface area contributed by atoms with Crippen molar-refractivity contribution in [3.63, 3.8) is 0 Å². The highest BCUT2D eigenvalue weighted by Gasteiger charge is 2.36. The molecule has 92 valence electrons.